The van der Waals surface area contributed by atoms with Crippen molar-refractivity contribution in [2.45, 2.75) is 71.4 Å². The average Bonchev–Trinajstić information content (AvgIpc) is 3.26. The number of hydrogen-bond donors (Lipinski definition) is 1. The van der Waals surface area contributed by atoms with Crippen LogP contribution >= 0.6 is 0 Å². The smallest absolute Gasteiger partial charge is 0.226 e. The monoisotopic (exact) mass is 418 g/mol. The highest BCUT2D eigenvalue weighted by Crippen LogP contribution is 2.47. The first kappa shape index (κ1) is 22.1. The van der Waals surface area contributed by atoms with Gasteiger partial charge in [-0.15, -0.1) is 0 Å². The second-order valence-electron chi connectivity index (χ2n) is 10.1. The van der Waals surface area contributed by atoms with Gasteiger partial charge in [-0.05, 0) is 75.1 Å². The molecule has 2 fully saturated rings. The van der Waals surface area contributed by atoms with E-state index in [-0.39, 0.29) is 11.3 Å². The van der Waals surface area contributed by atoms with Crippen LogP contribution in [0.25, 0.3) is 0 Å². The minimum Gasteiger partial charge on any atom is -0.352 e. The Kier molecular flexibility index (Phi) is 6.81. The number of carbonyl (C=O) groups excluding carboxylic acids is 1. The maximum atomic E-state index is 13.3. The molecule has 1 N–H and O–H groups in total. The number of likely N-dealkylation sites (tertiary alicyclic amines) is 1. The maximum Gasteiger partial charge on any atom is 0.226 e. The number of hydrogen-bond acceptors (Lipinski definition) is 2. The van der Waals surface area contributed by atoms with E-state index in [0.717, 1.165) is 32.4 Å². The molecule has 0 bridgehead atoms. The molecule has 0 radical (unpaired) electrons. The van der Waals surface area contributed by atoms with Crippen molar-refractivity contribution in [3.63, 3.8) is 0 Å². The Morgan fingerprint density at radius 1 is 1.03 bits per heavy atom. The van der Waals surface area contributed by atoms with Gasteiger partial charge in [0.25, 0.3) is 0 Å². The quantitative estimate of drug-likeness (QED) is 0.654. The fraction of sp³-hybridized carbons (Fsp3) is 0.536. The van der Waals surface area contributed by atoms with E-state index in [2.05, 4.69) is 67.4 Å². The fourth-order valence-electron chi connectivity index (χ4n) is 5.74. The van der Waals surface area contributed by atoms with Crippen molar-refractivity contribution < 1.29 is 4.79 Å². The minimum atomic E-state index is -0.229. The predicted octanol–water partition coefficient (Wildman–Crippen LogP) is 5.69. The van der Waals surface area contributed by atoms with Gasteiger partial charge in [-0.3, -0.25) is 4.79 Å². The Morgan fingerprint density at radius 2 is 1.71 bits per heavy atom. The first-order valence-electron chi connectivity index (χ1n) is 12.1. The molecule has 1 saturated heterocycles. The molecule has 0 aromatic heterocycles. The lowest BCUT2D eigenvalue weighted by Crippen LogP contribution is -2.45. The average molecular weight is 419 g/mol. The van der Waals surface area contributed by atoms with Crippen LogP contribution in [0.1, 0.15) is 68.6 Å². The number of nitrogens with zero attached hydrogens (tertiary/aromatic N) is 1. The molecule has 166 valence electrons. The summed E-state index contributed by atoms with van der Waals surface area (Å²) in [4.78, 5) is 16.0. The number of nitrogens with one attached hydrogen (secondary N) is 1. The topological polar surface area (TPSA) is 32.3 Å². The highest BCUT2D eigenvalue weighted by atomic mass is 16.2. The van der Waals surface area contributed by atoms with Crippen molar-refractivity contribution in [1.82, 2.24) is 10.2 Å². The molecule has 31 heavy (non-hydrogen) atoms. The largest absolute Gasteiger partial charge is 0.352 e. The third-order valence-electron chi connectivity index (χ3n) is 7.97. The van der Waals surface area contributed by atoms with Gasteiger partial charge in [-0.2, -0.15) is 0 Å². The first-order valence-corrected chi connectivity index (χ1v) is 12.1. The maximum absolute atomic E-state index is 13.3. The summed E-state index contributed by atoms with van der Waals surface area (Å²) >= 11 is 0. The van der Waals surface area contributed by atoms with Crippen LogP contribution < -0.4 is 5.32 Å². The summed E-state index contributed by atoms with van der Waals surface area (Å²) < 4.78 is 0. The summed E-state index contributed by atoms with van der Waals surface area (Å²) in [6, 6.07) is 19.9. The molecule has 0 spiro atoms. The zero-order valence-corrected chi connectivity index (χ0v) is 19.4. The van der Waals surface area contributed by atoms with Crippen molar-refractivity contribution in [2.75, 3.05) is 13.1 Å². The third kappa shape index (κ3) is 4.87. The van der Waals surface area contributed by atoms with E-state index in [1.165, 1.54) is 29.5 Å². The van der Waals surface area contributed by atoms with Gasteiger partial charge in [0.2, 0.25) is 5.91 Å². The van der Waals surface area contributed by atoms with Crippen molar-refractivity contribution in [2.24, 2.45) is 11.3 Å². The van der Waals surface area contributed by atoms with Crippen molar-refractivity contribution in [1.29, 1.82) is 0 Å². The fourth-order valence-corrected chi connectivity index (χ4v) is 5.74. The van der Waals surface area contributed by atoms with Gasteiger partial charge in [0.15, 0.2) is 0 Å². The zero-order valence-electron chi connectivity index (χ0n) is 19.4. The molecule has 1 heterocycles. The van der Waals surface area contributed by atoms with Gasteiger partial charge < -0.3 is 10.2 Å². The summed E-state index contributed by atoms with van der Waals surface area (Å²) in [7, 11) is 0. The van der Waals surface area contributed by atoms with Crippen LogP contribution in [0, 0.1) is 18.3 Å². The lowest BCUT2D eigenvalue weighted by atomic mass is 9.74. The zero-order chi connectivity index (χ0) is 21.8. The van der Waals surface area contributed by atoms with E-state index < -0.39 is 0 Å². The Morgan fingerprint density at radius 3 is 2.35 bits per heavy atom. The molecule has 2 aromatic rings. The molecule has 3 heteroatoms. The van der Waals surface area contributed by atoms with Crippen LogP contribution in [0.2, 0.25) is 0 Å². The molecule has 1 amide bonds. The lowest BCUT2D eigenvalue weighted by molar-refractivity contribution is -0.133. The van der Waals surface area contributed by atoms with Crippen molar-refractivity contribution >= 4 is 5.91 Å². The third-order valence-corrected chi connectivity index (χ3v) is 7.97. The molecule has 2 aliphatic rings. The Labute approximate surface area is 188 Å². The summed E-state index contributed by atoms with van der Waals surface area (Å²) in [6.45, 7) is 9.55. The molecule has 3 nitrogen and oxygen atoms in total. The Hall–Kier alpha value is -2.13. The van der Waals surface area contributed by atoms with E-state index in [1.807, 2.05) is 18.2 Å². The number of aryl methyl sites for hydroxylation is 1. The van der Waals surface area contributed by atoms with Crippen LogP contribution in [-0.4, -0.2) is 29.9 Å². The molecule has 1 aliphatic carbocycles. The number of benzene rings is 2. The molecule has 1 aliphatic heterocycles. The minimum absolute atomic E-state index is 0.229. The van der Waals surface area contributed by atoms with Crippen molar-refractivity contribution in [3.8, 4) is 0 Å². The summed E-state index contributed by atoms with van der Waals surface area (Å²) in [6.07, 6.45) is 5.61. The molecule has 2 atom stereocenters. The van der Waals surface area contributed by atoms with Crippen LogP contribution in [-0.2, 0) is 11.3 Å². The molecule has 2 unspecified atom stereocenters. The van der Waals surface area contributed by atoms with Crippen LogP contribution in [0.5, 0.6) is 0 Å². The SMILES string of the molecule is Cc1ccc(C2CCN(C3CCC(C(=O)NCc4ccccc4)(C(C)C)C3)CC2)cc1. The van der Waals surface area contributed by atoms with Crippen LogP contribution in [0.4, 0.5) is 0 Å². The van der Waals surface area contributed by atoms with Gasteiger partial charge in [0, 0.05) is 12.6 Å². The number of piperidine rings is 1. The van der Waals surface area contributed by atoms with E-state index in [9.17, 15) is 4.79 Å². The van der Waals surface area contributed by atoms with E-state index in [0.29, 0.717) is 24.4 Å². The van der Waals surface area contributed by atoms with Gasteiger partial charge in [0.05, 0.1) is 5.41 Å². The molecular weight excluding hydrogens is 380 g/mol. The Balaban J connectivity index is 1.35. The first-order chi connectivity index (χ1) is 15.0. The van der Waals surface area contributed by atoms with E-state index in [1.54, 1.807) is 0 Å². The number of rotatable bonds is 6. The highest BCUT2D eigenvalue weighted by molar-refractivity contribution is 5.83. The second-order valence-corrected chi connectivity index (χ2v) is 10.1. The van der Waals surface area contributed by atoms with Crippen LogP contribution in [0.15, 0.2) is 54.6 Å². The lowest BCUT2D eigenvalue weighted by Gasteiger charge is -2.38. The standard InChI is InChI=1S/C28H38N2O/c1-21(2)28(27(31)29-20-23-7-5-4-6-8-23)16-13-26(19-28)30-17-14-25(15-18-30)24-11-9-22(3)10-12-24/h4-12,21,25-26H,13-20H2,1-3H3,(H,29,31). The van der Waals surface area contributed by atoms with Crippen LogP contribution in [0.3, 0.4) is 0 Å². The van der Waals surface area contributed by atoms with Crippen molar-refractivity contribution in [3.05, 3.63) is 71.3 Å². The molecule has 2 aromatic carbocycles. The Bertz CT molecular complexity index is 852. The van der Waals surface area contributed by atoms with Gasteiger partial charge in [-0.25, -0.2) is 0 Å². The molecular formula is C28H38N2O. The second kappa shape index (κ2) is 9.56. The predicted molar refractivity (Wildman–Crippen MR) is 128 cm³/mol. The summed E-state index contributed by atoms with van der Waals surface area (Å²) in [5.41, 5.74) is 3.77. The van der Waals surface area contributed by atoms with Gasteiger partial charge >= 0.3 is 0 Å². The normalized spacial score (nSPS) is 25.1. The summed E-state index contributed by atoms with van der Waals surface area (Å²) in [5, 5.41) is 3.26. The number of amides is 1. The molecule has 4 rings (SSSR count). The number of carbonyl (C=O) groups is 1. The van der Waals surface area contributed by atoms with Gasteiger partial charge in [0.1, 0.15) is 0 Å². The van der Waals surface area contributed by atoms with E-state index in [4.69, 9.17) is 0 Å². The highest BCUT2D eigenvalue weighted by Gasteiger charge is 2.48. The van der Waals surface area contributed by atoms with Gasteiger partial charge in [-0.1, -0.05) is 74.0 Å². The summed E-state index contributed by atoms with van der Waals surface area (Å²) in [5.74, 6) is 1.30. The van der Waals surface area contributed by atoms with E-state index >= 15 is 0 Å². The molecule has 1 saturated carbocycles.